The van der Waals surface area contributed by atoms with E-state index < -0.39 is 6.04 Å². The van der Waals surface area contributed by atoms with E-state index in [-0.39, 0.29) is 11.8 Å². The van der Waals surface area contributed by atoms with E-state index in [0.29, 0.717) is 5.92 Å². The molecule has 0 aromatic heterocycles. The summed E-state index contributed by atoms with van der Waals surface area (Å²) >= 11 is 0. The van der Waals surface area contributed by atoms with E-state index in [1.807, 2.05) is 24.3 Å². The molecule has 4 heteroatoms. The van der Waals surface area contributed by atoms with E-state index in [2.05, 4.69) is 24.5 Å². The normalized spacial score (nSPS) is 13.5. The van der Waals surface area contributed by atoms with Crippen LogP contribution < -0.4 is 10.6 Å². The van der Waals surface area contributed by atoms with Gasteiger partial charge in [-0.1, -0.05) is 32.0 Å². The number of carbonyl (C=O) groups is 2. The van der Waals surface area contributed by atoms with Gasteiger partial charge >= 0.3 is 0 Å². The fourth-order valence-corrected chi connectivity index (χ4v) is 1.87. The van der Waals surface area contributed by atoms with Gasteiger partial charge < -0.3 is 10.6 Å². The molecule has 1 rings (SSSR count). The standard InChI is InChI=1S/C15H22N2O2/c1-5-10(2)13-8-6-7-9-14(13)17-15(19)11(3)16-12(4)18/h6-11H,5H2,1-4H3,(H,16,18)(H,17,19)/t10-,11-/m1/s1. The van der Waals surface area contributed by atoms with Crippen molar-refractivity contribution in [3.8, 4) is 0 Å². The number of rotatable bonds is 5. The molecule has 0 saturated heterocycles. The van der Waals surface area contributed by atoms with Gasteiger partial charge in [0.2, 0.25) is 11.8 Å². The van der Waals surface area contributed by atoms with E-state index in [1.54, 1.807) is 6.92 Å². The van der Waals surface area contributed by atoms with Gasteiger partial charge in [0.1, 0.15) is 6.04 Å². The van der Waals surface area contributed by atoms with Crippen molar-refractivity contribution >= 4 is 17.5 Å². The molecular weight excluding hydrogens is 240 g/mol. The minimum Gasteiger partial charge on any atom is -0.345 e. The van der Waals surface area contributed by atoms with Crippen LogP contribution in [0.25, 0.3) is 0 Å². The van der Waals surface area contributed by atoms with Crippen molar-refractivity contribution in [3.63, 3.8) is 0 Å². The van der Waals surface area contributed by atoms with Crippen molar-refractivity contribution in [2.45, 2.75) is 46.1 Å². The molecule has 104 valence electrons. The van der Waals surface area contributed by atoms with E-state index in [4.69, 9.17) is 0 Å². The number of para-hydroxylation sites is 1. The van der Waals surface area contributed by atoms with Gasteiger partial charge in [-0.05, 0) is 30.9 Å². The smallest absolute Gasteiger partial charge is 0.246 e. The van der Waals surface area contributed by atoms with Crippen LogP contribution in [-0.2, 0) is 9.59 Å². The second kappa shape index (κ2) is 6.92. The third kappa shape index (κ3) is 4.39. The van der Waals surface area contributed by atoms with Crippen LogP contribution in [0, 0.1) is 0 Å². The molecule has 0 saturated carbocycles. The summed E-state index contributed by atoms with van der Waals surface area (Å²) in [7, 11) is 0. The van der Waals surface area contributed by atoms with Crippen molar-refractivity contribution in [1.82, 2.24) is 5.32 Å². The van der Waals surface area contributed by atoms with Gasteiger partial charge in [0, 0.05) is 12.6 Å². The largest absolute Gasteiger partial charge is 0.345 e. The highest BCUT2D eigenvalue weighted by Crippen LogP contribution is 2.26. The third-order valence-electron chi connectivity index (χ3n) is 3.18. The molecule has 0 heterocycles. The van der Waals surface area contributed by atoms with E-state index >= 15 is 0 Å². The van der Waals surface area contributed by atoms with Crippen LogP contribution in [0.15, 0.2) is 24.3 Å². The zero-order chi connectivity index (χ0) is 14.4. The first-order valence-electron chi connectivity index (χ1n) is 6.62. The number of nitrogens with one attached hydrogen (secondary N) is 2. The number of hydrogen-bond donors (Lipinski definition) is 2. The lowest BCUT2D eigenvalue weighted by Gasteiger charge is -2.18. The summed E-state index contributed by atoms with van der Waals surface area (Å²) in [5, 5.41) is 5.45. The first-order valence-corrected chi connectivity index (χ1v) is 6.62. The Morgan fingerprint density at radius 1 is 1.21 bits per heavy atom. The summed E-state index contributed by atoms with van der Waals surface area (Å²) in [5.41, 5.74) is 1.94. The molecule has 0 aliphatic carbocycles. The maximum absolute atomic E-state index is 12.0. The molecule has 19 heavy (non-hydrogen) atoms. The molecule has 2 N–H and O–H groups in total. The van der Waals surface area contributed by atoms with Crippen LogP contribution in [0.1, 0.15) is 45.6 Å². The fraction of sp³-hybridized carbons (Fsp3) is 0.467. The maximum Gasteiger partial charge on any atom is 0.246 e. The average molecular weight is 262 g/mol. The lowest BCUT2D eigenvalue weighted by molar-refractivity contribution is -0.124. The monoisotopic (exact) mass is 262 g/mol. The molecule has 2 atom stereocenters. The van der Waals surface area contributed by atoms with Crippen molar-refractivity contribution in [1.29, 1.82) is 0 Å². The summed E-state index contributed by atoms with van der Waals surface area (Å²) in [4.78, 5) is 22.9. The predicted molar refractivity (Wildman–Crippen MR) is 77.1 cm³/mol. The highest BCUT2D eigenvalue weighted by molar-refractivity contribution is 5.97. The molecule has 0 aliphatic rings. The van der Waals surface area contributed by atoms with Gasteiger partial charge in [-0.15, -0.1) is 0 Å². The third-order valence-corrected chi connectivity index (χ3v) is 3.18. The minimum absolute atomic E-state index is 0.203. The molecule has 0 spiro atoms. The predicted octanol–water partition coefficient (Wildman–Crippen LogP) is 2.66. The highest BCUT2D eigenvalue weighted by Gasteiger charge is 2.16. The molecule has 0 bridgehead atoms. The molecule has 2 amide bonds. The molecular formula is C15H22N2O2. The van der Waals surface area contributed by atoms with Gasteiger partial charge in [0.05, 0.1) is 0 Å². The number of amides is 2. The Morgan fingerprint density at radius 3 is 2.42 bits per heavy atom. The van der Waals surface area contributed by atoms with Gasteiger partial charge in [-0.25, -0.2) is 0 Å². The van der Waals surface area contributed by atoms with Crippen LogP contribution in [0.2, 0.25) is 0 Å². The van der Waals surface area contributed by atoms with Crippen LogP contribution >= 0.6 is 0 Å². The molecule has 4 nitrogen and oxygen atoms in total. The van der Waals surface area contributed by atoms with Crippen molar-refractivity contribution in [2.75, 3.05) is 5.32 Å². The maximum atomic E-state index is 12.0. The van der Waals surface area contributed by atoms with E-state index in [9.17, 15) is 9.59 Å². The topological polar surface area (TPSA) is 58.2 Å². The SMILES string of the molecule is CC[C@@H](C)c1ccccc1NC(=O)[C@@H](C)NC(C)=O. The van der Waals surface area contributed by atoms with Crippen molar-refractivity contribution in [2.24, 2.45) is 0 Å². The minimum atomic E-state index is -0.539. The van der Waals surface area contributed by atoms with Gasteiger partial charge in [0.25, 0.3) is 0 Å². The Balaban J connectivity index is 2.82. The summed E-state index contributed by atoms with van der Waals surface area (Å²) in [5.74, 6) is -0.0311. The quantitative estimate of drug-likeness (QED) is 0.857. The summed E-state index contributed by atoms with van der Waals surface area (Å²) in [6.45, 7) is 7.31. The zero-order valence-electron chi connectivity index (χ0n) is 12.0. The van der Waals surface area contributed by atoms with Gasteiger partial charge in [-0.2, -0.15) is 0 Å². The number of hydrogen-bond acceptors (Lipinski definition) is 2. The van der Waals surface area contributed by atoms with Gasteiger partial charge in [0.15, 0.2) is 0 Å². The molecule has 1 aromatic rings. The van der Waals surface area contributed by atoms with Crippen LogP contribution in [0.4, 0.5) is 5.69 Å². The summed E-state index contributed by atoms with van der Waals surface area (Å²) in [6, 6.07) is 7.23. The number of benzene rings is 1. The van der Waals surface area contributed by atoms with Crippen LogP contribution in [-0.4, -0.2) is 17.9 Å². The van der Waals surface area contributed by atoms with Gasteiger partial charge in [-0.3, -0.25) is 9.59 Å². The summed E-state index contributed by atoms with van der Waals surface area (Å²) < 4.78 is 0. The van der Waals surface area contributed by atoms with Crippen LogP contribution in [0.5, 0.6) is 0 Å². The molecule has 1 aromatic carbocycles. The summed E-state index contributed by atoms with van der Waals surface area (Å²) in [6.07, 6.45) is 1.01. The fourth-order valence-electron chi connectivity index (χ4n) is 1.87. The Bertz CT molecular complexity index is 457. The molecule has 0 aliphatic heterocycles. The first kappa shape index (κ1) is 15.2. The number of anilines is 1. The average Bonchev–Trinajstić information content (AvgIpc) is 2.37. The van der Waals surface area contributed by atoms with Crippen molar-refractivity contribution in [3.05, 3.63) is 29.8 Å². The van der Waals surface area contributed by atoms with Crippen LogP contribution in [0.3, 0.4) is 0 Å². The lowest BCUT2D eigenvalue weighted by atomic mass is 9.97. The Hall–Kier alpha value is -1.84. The zero-order valence-corrected chi connectivity index (χ0v) is 12.0. The van der Waals surface area contributed by atoms with E-state index in [0.717, 1.165) is 17.7 Å². The molecule has 0 unspecified atom stereocenters. The molecule has 0 radical (unpaired) electrons. The highest BCUT2D eigenvalue weighted by atomic mass is 16.2. The Labute approximate surface area is 114 Å². The first-order chi connectivity index (χ1) is 8.95. The molecule has 0 fully saturated rings. The Kier molecular flexibility index (Phi) is 5.55. The van der Waals surface area contributed by atoms with Crippen molar-refractivity contribution < 1.29 is 9.59 Å². The lowest BCUT2D eigenvalue weighted by Crippen LogP contribution is -2.40. The van der Waals surface area contributed by atoms with E-state index in [1.165, 1.54) is 6.92 Å². The number of carbonyl (C=O) groups excluding carboxylic acids is 2. The Morgan fingerprint density at radius 2 is 1.84 bits per heavy atom. The second-order valence-electron chi connectivity index (χ2n) is 4.81. The second-order valence-corrected chi connectivity index (χ2v) is 4.81.